The first-order valence-corrected chi connectivity index (χ1v) is 7.06. The highest BCUT2D eigenvalue weighted by Crippen LogP contribution is 2.27. The Bertz CT molecular complexity index is 414. The van der Waals surface area contributed by atoms with E-state index in [1.54, 1.807) is 0 Å². The van der Waals surface area contributed by atoms with E-state index in [2.05, 4.69) is 10.6 Å². The molecule has 1 heterocycles. The molecule has 110 valence electrons. The number of rotatable bonds is 5. The number of hydrogen-bond donors (Lipinski definition) is 2. The average Bonchev–Trinajstić information content (AvgIpc) is 2.49. The first-order chi connectivity index (χ1) is 9.79. The molecule has 2 rings (SSSR count). The Morgan fingerprint density at radius 1 is 1.35 bits per heavy atom. The van der Waals surface area contributed by atoms with Gasteiger partial charge in [0.05, 0.1) is 12.8 Å². The van der Waals surface area contributed by atoms with Gasteiger partial charge in [0.1, 0.15) is 0 Å². The number of urea groups is 1. The van der Waals surface area contributed by atoms with E-state index in [9.17, 15) is 9.18 Å². The van der Waals surface area contributed by atoms with E-state index in [1.807, 2.05) is 30.3 Å². The number of alkyl halides is 1. The summed E-state index contributed by atoms with van der Waals surface area (Å²) < 4.78 is 17.7. The maximum Gasteiger partial charge on any atom is 0.315 e. The van der Waals surface area contributed by atoms with Crippen molar-refractivity contribution in [3.8, 4) is 0 Å². The Balaban J connectivity index is 1.80. The number of ether oxygens (including phenoxy) is 1. The lowest BCUT2D eigenvalue weighted by molar-refractivity contribution is 0.00227. The Morgan fingerprint density at radius 2 is 2.15 bits per heavy atom. The molecular formula is C15H21FN2O2. The van der Waals surface area contributed by atoms with Gasteiger partial charge >= 0.3 is 6.03 Å². The van der Waals surface area contributed by atoms with Crippen LogP contribution in [-0.2, 0) is 4.74 Å². The van der Waals surface area contributed by atoms with Gasteiger partial charge in [-0.05, 0) is 24.8 Å². The van der Waals surface area contributed by atoms with Crippen LogP contribution in [0.1, 0.15) is 30.9 Å². The molecule has 0 bridgehead atoms. The van der Waals surface area contributed by atoms with Crippen LogP contribution in [0.2, 0.25) is 0 Å². The predicted molar refractivity (Wildman–Crippen MR) is 75.3 cm³/mol. The molecule has 0 aliphatic carbocycles. The van der Waals surface area contributed by atoms with Crippen LogP contribution in [-0.4, -0.2) is 31.9 Å². The highest BCUT2D eigenvalue weighted by Gasteiger charge is 2.24. The summed E-state index contributed by atoms with van der Waals surface area (Å²) in [6.07, 6.45) is 1.95. The smallest absolute Gasteiger partial charge is 0.315 e. The minimum atomic E-state index is -0.409. The monoisotopic (exact) mass is 280 g/mol. The zero-order valence-corrected chi connectivity index (χ0v) is 11.5. The van der Waals surface area contributed by atoms with E-state index in [-0.39, 0.29) is 18.2 Å². The molecule has 0 radical (unpaired) electrons. The third-order valence-corrected chi connectivity index (χ3v) is 3.39. The summed E-state index contributed by atoms with van der Waals surface area (Å²) in [6, 6.07) is 9.89. The summed E-state index contributed by atoms with van der Waals surface area (Å²) in [5.41, 5.74) is 1.14. The van der Waals surface area contributed by atoms with Crippen LogP contribution in [0, 0.1) is 0 Å². The summed E-state index contributed by atoms with van der Waals surface area (Å²) in [6.45, 7) is 0.594. The summed E-state index contributed by atoms with van der Waals surface area (Å²) in [5.74, 6) is 0. The fraction of sp³-hybridized carbons (Fsp3) is 0.533. The molecule has 2 amide bonds. The number of amides is 2. The third-order valence-electron chi connectivity index (χ3n) is 3.39. The van der Waals surface area contributed by atoms with Crippen molar-refractivity contribution in [1.29, 1.82) is 0 Å². The summed E-state index contributed by atoms with van der Waals surface area (Å²) in [4.78, 5) is 11.6. The molecule has 0 spiro atoms. The second kappa shape index (κ2) is 7.85. The van der Waals surface area contributed by atoms with E-state index in [4.69, 9.17) is 4.74 Å². The van der Waals surface area contributed by atoms with Gasteiger partial charge in [-0.3, -0.25) is 4.39 Å². The van der Waals surface area contributed by atoms with Crippen LogP contribution in [0.5, 0.6) is 0 Å². The van der Waals surface area contributed by atoms with Crippen LogP contribution >= 0.6 is 0 Å². The lowest BCUT2D eigenvalue weighted by Crippen LogP contribution is -2.45. The molecule has 1 saturated heterocycles. The zero-order chi connectivity index (χ0) is 14.2. The van der Waals surface area contributed by atoms with Gasteiger partial charge in [0.15, 0.2) is 0 Å². The van der Waals surface area contributed by atoms with Crippen LogP contribution in [0.3, 0.4) is 0 Å². The number of carbonyl (C=O) groups is 1. The van der Waals surface area contributed by atoms with Gasteiger partial charge in [-0.2, -0.15) is 0 Å². The maximum atomic E-state index is 12.0. The lowest BCUT2D eigenvalue weighted by atomic mass is 9.97. The molecule has 0 unspecified atom stereocenters. The minimum absolute atomic E-state index is 0.0288. The second-order valence-electron chi connectivity index (χ2n) is 4.93. The molecule has 20 heavy (non-hydrogen) atoms. The van der Waals surface area contributed by atoms with E-state index < -0.39 is 6.67 Å². The highest BCUT2D eigenvalue weighted by atomic mass is 19.1. The van der Waals surface area contributed by atoms with Gasteiger partial charge in [0, 0.05) is 19.2 Å². The van der Waals surface area contributed by atoms with Crippen LogP contribution in [0.25, 0.3) is 0 Å². The second-order valence-corrected chi connectivity index (χ2v) is 4.93. The van der Waals surface area contributed by atoms with Crippen molar-refractivity contribution in [3.63, 3.8) is 0 Å². The fourth-order valence-electron chi connectivity index (χ4n) is 2.33. The summed E-state index contributed by atoms with van der Waals surface area (Å²) in [7, 11) is 0. The Kier molecular flexibility index (Phi) is 5.80. The molecule has 4 nitrogen and oxygen atoms in total. The van der Waals surface area contributed by atoms with E-state index in [1.165, 1.54) is 0 Å². The Labute approximate surface area is 118 Å². The first-order valence-electron chi connectivity index (χ1n) is 7.06. The molecule has 2 N–H and O–H groups in total. The lowest BCUT2D eigenvalue weighted by Gasteiger charge is -2.30. The van der Waals surface area contributed by atoms with E-state index in [0.717, 1.165) is 18.4 Å². The average molecular weight is 280 g/mol. The number of nitrogens with one attached hydrogen (secondary N) is 2. The Hall–Kier alpha value is -1.62. The van der Waals surface area contributed by atoms with Crippen LogP contribution in [0.4, 0.5) is 9.18 Å². The van der Waals surface area contributed by atoms with Gasteiger partial charge in [0.2, 0.25) is 0 Å². The highest BCUT2D eigenvalue weighted by molar-refractivity contribution is 5.74. The molecule has 0 aromatic heterocycles. The molecular weight excluding hydrogens is 259 g/mol. The molecule has 1 fully saturated rings. The van der Waals surface area contributed by atoms with Crippen molar-refractivity contribution < 1.29 is 13.9 Å². The topological polar surface area (TPSA) is 50.4 Å². The molecule has 1 aromatic carbocycles. The van der Waals surface area contributed by atoms with Crippen molar-refractivity contribution in [3.05, 3.63) is 35.9 Å². The van der Waals surface area contributed by atoms with Crippen LogP contribution in [0.15, 0.2) is 30.3 Å². The van der Waals surface area contributed by atoms with Gasteiger partial charge in [0.25, 0.3) is 0 Å². The van der Waals surface area contributed by atoms with Crippen molar-refractivity contribution in [1.82, 2.24) is 10.6 Å². The van der Waals surface area contributed by atoms with Crippen molar-refractivity contribution in [2.24, 2.45) is 0 Å². The number of halogens is 1. The molecule has 1 aliphatic rings. The minimum Gasteiger partial charge on any atom is -0.373 e. The van der Waals surface area contributed by atoms with E-state index >= 15 is 0 Å². The fourth-order valence-corrected chi connectivity index (χ4v) is 2.33. The van der Waals surface area contributed by atoms with Gasteiger partial charge < -0.3 is 15.4 Å². The van der Waals surface area contributed by atoms with Crippen molar-refractivity contribution in [2.75, 3.05) is 19.8 Å². The standard InChI is InChI=1S/C15H21FN2O2/c16-8-4-9-17-15(19)18-13-7-10-20-14(11-13)12-5-2-1-3-6-12/h1-3,5-6,13-14H,4,7-11H2,(H2,17,18,19)/t13-,14-/m1/s1. The normalized spacial score (nSPS) is 22.2. The van der Waals surface area contributed by atoms with E-state index in [0.29, 0.717) is 19.6 Å². The van der Waals surface area contributed by atoms with Crippen molar-refractivity contribution >= 4 is 6.03 Å². The zero-order valence-electron chi connectivity index (χ0n) is 11.5. The van der Waals surface area contributed by atoms with Crippen molar-refractivity contribution in [2.45, 2.75) is 31.4 Å². The largest absolute Gasteiger partial charge is 0.373 e. The van der Waals surface area contributed by atoms with Gasteiger partial charge in [-0.15, -0.1) is 0 Å². The third kappa shape index (κ3) is 4.49. The van der Waals surface area contributed by atoms with Gasteiger partial charge in [-0.25, -0.2) is 4.79 Å². The summed E-state index contributed by atoms with van der Waals surface area (Å²) in [5, 5.41) is 5.58. The van der Waals surface area contributed by atoms with Gasteiger partial charge in [-0.1, -0.05) is 30.3 Å². The number of benzene rings is 1. The predicted octanol–water partition coefficient (Wildman–Crippen LogP) is 2.57. The molecule has 1 aromatic rings. The first kappa shape index (κ1) is 14.8. The molecule has 1 aliphatic heterocycles. The Morgan fingerprint density at radius 3 is 2.90 bits per heavy atom. The number of hydrogen-bond acceptors (Lipinski definition) is 2. The maximum absolute atomic E-state index is 12.0. The number of carbonyl (C=O) groups excluding carboxylic acids is 1. The quantitative estimate of drug-likeness (QED) is 0.814. The molecule has 5 heteroatoms. The van der Waals surface area contributed by atoms with Crippen LogP contribution < -0.4 is 10.6 Å². The SMILES string of the molecule is O=C(NCCCF)N[C@@H]1CCO[C@@H](c2ccccc2)C1. The molecule has 0 saturated carbocycles. The molecule has 2 atom stereocenters. The summed E-state index contributed by atoms with van der Waals surface area (Å²) >= 11 is 0.